The highest BCUT2D eigenvalue weighted by atomic mass is 16.2. The van der Waals surface area contributed by atoms with Crippen LogP contribution in [0.1, 0.15) is 30.4 Å². The fourth-order valence-electron chi connectivity index (χ4n) is 3.48. The van der Waals surface area contributed by atoms with Crippen molar-refractivity contribution in [3.05, 3.63) is 29.3 Å². The molecule has 2 fully saturated rings. The Morgan fingerprint density at radius 1 is 1.29 bits per heavy atom. The highest BCUT2D eigenvalue weighted by Crippen LogP contribution is 2.22. The first kappa shape index (κ1) is 16.9. The van der Waals surface area contributed by atoms with Crippen LogP contribution in [0.5, 0.6) is 0 Å². The van der Waals surface area contributed by atoms with Crippen molar-refractivity contribution < 1.29 is 9.59 Å². The molecule has 2 saturated heterocycles. The van der Waals surface area contributed by atoms with E-state index in [9.17, 15) is 9.59 Å². The van der Waals surface area contributed by atoms with Gasteiger partial charge in [0.05, 0.1) is 5.92 Å². The molecule has 3 N–H and O–H groups in total. The zero-order valence-corrected chi connectivity index (χ0v) is 14.4. The number of hydrogen-bond donors (Lipinski definition) is 3. The van der Waals surface area contributed by atoms with Gasteiger partial charge in [-0.2, -0.15) is 0 Å². The molecule has 24 heavy (non-hydrogen) atoms. The van der Waals surface area contributed by atoms with E-state index < -0.39 is 0 Å². The van der Waals surface area contributed by atoms with E-state index in [1.807, 2.05) is 18.2 Å². The molecule has 2 unspecified atom stereocenters. The van der Waals surface area contributed by atoms with E-state index in [1.165, 1.54) is 11.1 Å². The van der Waals surface area contributed by atoms with Gasteiger partial charge in [-0.15, -0.1) is 0 Å². The minimum atomic E-state index is -0.0228. The average Bonchev–Trinajstić information content (AvgIpc) is 2.58. The van der Waals surface area contributed by atoms with Crippen LogP contribution in [0.4, 0.5) is 5.69 Å². The highest BCUT2D eigenvalue weighted by molar-refractivity contribution is 5.92. The fraction of sp³-hybridized carbons (Fsp3) is 0.556. The van der Waals surface area contributed by atoms with E-state index >= 15 is 0 Å². The third-order valence-corrected chi connectivity index (χ3v) is 5.10. The molecule has 2 atom stereocenters. The monoisotopic (exact) mass is 330 g/mol. The lowest BCUT2D eigenvalue weighted by Crippen LogP contribution is -2.57. The van der Waals surface area contributed by atoms with E-state index in [-0.39, 0.29) is 23.8 Å². The van der Waals surface area contributed by atoms with E-state index in [0.717, 1.165) is 38.2 Å². The van der Waals surface area contributed by atoms with Crippen LogP contribution in [0.3, 0.4) is 0 Å². The van der Waals surface area contributed by atoms with Gasteiger partial charge in [0.25, 0.3) is 0 Å². The topological polar surface area (TPSA) is 73.5 Å². The molecule has 0 aliphatic carbocycles. The van der Waals surface area contributed by atoms with Gasteiger partial charge in [0.2, 0.25) is 11.8 Å². The summed E-state index contributed by atoms with van der Waals surface area (Å²) in [6.45, 7) is 6.52. The van der Waals surface area contributed by atoms with Crippen LogP contribution in [-0.2, 0) is 9.59 Å². The van der Waals surface area contributed by atoms with Gasteiger partial charge >= 0.3 is 0 Å². The number of carbonyl (C=O) groups excluding carboxylic acids is 2. The minimum absolute atomic E-state index is 0.0213. The predicted molar refractivity (Wildman–Crippen MR) is 93.4 cm³/mol. The van der Waals surface area contributed by atoms with Crippen LogP contribution in [0.15, 0.2) is 18.2 Å². The molecule has 2 aliphatic rings. The Morgan fingerprint density at radius 2 is 2.12 bits per heavy atom. The predicted octanol–water partition coefficient (Wildman–Crippen LogP) is 1.35. The second kappa shape index (κ2) is 7.32. The Labute approximate surface area is 143 Å². The quantitative estimate of drug-likeness (QED) is 0.782. The van der Waals surface area contributed by atoms with Gasteiger partial charge in [0.15, 0.2) is 0 Å². The zero-order chi connectivity index (χ0) is 17.1. The van der Waals surface area contributed by atoms with Crippen molar-refractivity contribution in [2.24, 2.45) is 5.92 Å². The summed E-state index contributed by atoms with van der Waals surface area (Å²) >= 11 is 0. The van der Waals surface area contributed by atoms with Gasteiger partial charge in [-0.25, -0.2) is 5.43 Å². The largest absolute Gasteiger partial charge is 0.326 e. The van der Waals surface area contributed by atoms with Crippen molar-refractivity contribution >= 4 is 17.5 Å². The van der Waals surface area contributed by atoms with Crippen molar-refractivity contribution in [2.75, 3.05) is 25.0 Å². The molecule has 0 spiro atoms. The summed E-state index contributed by atoms with van der Waals surface area (Å²) in [5, 5.41) is 3.05. The van der Waals surface area contributed by atoms with Gasteiger partial charge in [-0.3, -0.25) is 19.9 Å². The molecule has 6 nitrogen and oxygen atoms in total. The number of amides is 2. The third-order valence-electron chi connectivity index (χ3n) is 5.10. The number of benzene rings is 1. The summed E-state index contributed by atoms with van der Waals surface area (Å²) in [4.78, 5) is 26.5. The number of hydrazine groups is 1. The van der Waals surface area contributed by atoms with Crippen molar-refractivity contribution in [1.82, 2.24) is 15.8 Å². The molecule has 2 amide bonds. The first-order valence-electron chi connectivity index (χ1n) is 8.67. The van der Waals surface area contributed by atoms with Crippen LogP contribution < -0.4 is 16.2 Å². The molecule has 2 aliphatic heterocycles. The zero-order valence-electron chi connectivity index (χ0n) is 14.4. The Hall–Kier alpha value is -1.92. The SMILES string of the molecule is Cc1ccc(NC(=O)C2CCCN(C3CNNC(=O)C3)C2)cc1C. The first-order valence-corrected chi connectivity index (χ1v) is 8.67. The fourth-order valence-corrected chi connectivity index (χ4v) is 3.48. The molecule has 1 aromatic carbocycles. The van der Waals surface area contributed by atoms with E-state index in [0.29, 0.717) is 6.42 Å². The van der Waals surface area contributed by atoms with Crippen LogP contribution >= 0.6 is 0 Å². The Kier molecular flexibility index (Phi) is 5.16. The number of nitrogens with one attached hydrogen (secondary N) is 3. The molecule has 0 bridgehead atoms. The molecular formula is C18H26N4O2. The van der Waals surface area contributed by atoms with Crippen LogP contribution in [0.25, 0.3) is 0 Å². The summed E-state index contributed by atoms with van der Waals surface area (Å²) in [6, 6.07) is 6.18. The van der Waals surface area contributed by atoms with Crippen molar-refractivity contribution in [2.45, 2.75) is 39.2 Å². The summed E-state index contributed by atoms with van der Waals surface area (Å²) in [5.41, 5.74) is 8.83. The number of hydrogen-bond acceptors (Lipinski definition) is 4. The van der Waals surface area contributed by atoms with E-state index in [2.05, 4.69) is 34.9 Å². The maximum atomic E-state index is 12.6. The molecule has 1 aromatic rings. The molecule has 2 heterocycles. The second-order valence-electron chi connectivity index (χ2n) is 6.91. The van der Waals surface area contributed by atoms with Gasteiger partial charge in [-0.1, -0.05) is 6.07 Å². The molecule has 0 radical (unpaired) electrons. The van der Waals surface area contributed by atoms with Crippen LogP contribution in [-0.4, -0.2) is 42.4 Å². The highest BCUT2D eigenvalue weighted by Gasteiger charge is 2.32. The molecule has 0 aromatic heterocycles. The van der Waals surface area contributed by atoms with E-state index in [4.69, 9.17) is 0 Å². The number of aryl methyl sites for hydroxylation is 2. The maximum absolute atomic E-state index is 12.6. The average molecular weight is 330 g/mol. The molecular weight excluding hydrogens is 304 g/mol. The van der Waals surface area contributed by atoms with Gasteiger partial charge in [-0.05, 0) is 56.5 Å². The maximum Gasteiger partial charge on any atom is 0.235 e. The normalized spacial score (nSPS) is 25.2. The number of carbonyl (C=O) groups is 2. The van der Waals surface area contributed by atoms with Gasteiger partial charge in [0.1, 0.15) is 0 Å². The second-order valence-corrected chi connectivity index (χ2v) is 6.91. The summed E-state index contributed by atoms with van der Waals surface area (Å²) in [5.74, 6) is 0.0782. The van der Waals surface area contributed by atoms with Crippen LogP contribution in [0.2, 0.25) is 0 Å². The number of likely N-dealkylation sites (tertiary alicyclic amines) is 1. The van der Waals surface area contributed by atoms with Crippen molar-refractivity contribution in [3.63, 3.8) is 0 Å². The lowest BCUT2D eigenvalue weighted by atomic mass is 9.94. The van der Waals surface area contributed by atoms with E-state index in [1.54, 1.807) is 0 Å². The lowest BCUT2D eigenvalue weighted by Gasteiger charge is -2.39. The molecule has 6 heteroatoms. The standard InChI is InChI=1S/C18H26N4O2/c1-12-5-6-15(8-13(12)2)20-18(24)14-4-3-7-22(11-14)16-9-17(23)21-19-10-16/h5-6,8,14,16,19H,3-4,7,9-11H2,1-2H3,(H,20,24)(H,21,23). The summed E-state index contributed by atoms with van der Waals surface area (Å²) < 4.78 is 0. The smallest absolute Gasteiger partial charge is 0.235 e. The Morgan fingerprint density at radius 3 is 2.88 bits per heavy atom. The van der Waals surface area contributed by atoms with Crippen molar-refractivity contribution in [1.29, 1.82) is 0 Å². The Balaban J connectivity index is 1.60. The minimum Gasteiger partial charge on any atom is -0.326 e. The number of anilines is 1. The molecule has 0 saturated carbocycles. The third kappa shape index (κ3) is 3.94. The number of nitrogens with zero attached hydrogens (tertiary/aromatic N) is 1. The molecule has 130 valence electrons. The van der Waals surface area contributed by atoms with Crippen molar-refractivity contribution in [3.8, 4) is 0 Å². The summed E-state index contributed by atoms with van der Waals surface area (Å²) in [7, 11) is 0. The Bertz CT molecular complexity index is 631. The first-order chi connectivity index (χ1) is 11.5. The lowest BCUT2D eigenvalue weighted by molar-refractivity contribution is -0.126. The van der Waals surface area contributed by atoms with Gasteiger partial charge < -0.3 is 5.32 Å². The molecule has 3 rings (SSSR count). The summed E-state index contributed by atoms with van der Waals surface area (Å²) in [6.07, 6.45) is 2.39. The van der Waals surface area contributed by atoms with Gasteiger partial charge in [0, 0.05) is 31.2 Å². The number of rotatable bonds is 3. The van der Waals surface area contributed by atoms with Crippen LogP contribution in [0, 0.1) is 19.8 Å². The number of piperidine rings is 1.